The second-order valence-corrected chi connectivity index (χ2v) is 11.9. The molecule has 0 aliphatic carbocycles. The molecule has 1 aliphatic heterocycles. The van der Waals surface area contributed by atoms with Gasteiger partial charge in [0, 0.05) is 81.8 Å². The number of phenols is 1. The highest BCUT2D eigenvalue weighted by atomic mass is 35.5. The summed E-state index contributed by atoms with van der Waals surface area (Å²) in [5.41, 5.74) is 2.78. The van der Waals surface area contributed by atoms with Crippen LogP contribution in [0.2, 0.25) is 5.02 Å². The lowest BCUT2D eigenvalue weighted by atomic mass is 10.0. The number of primary amides is 1. The van der Waals surface area contributed by atoms with Crippen LogP contribution in [0.15, 0.2) is 29.5 Å². The van der Waals surface area contributed by atoms with Crippen molar-refractivity contribution in [3.05, 3.63) is 63.2 Å². The van der Waals surface area contributed by atoms with Gasteiger partial charge in [0.25, 0.3) is 11.5 Å². The number of aliphatic hydroxyl groups is 2. The van der Waals surface area contributed by atoms with E-state index in [-0.39, 0.29) is 53.3 Å². The average molecular weight is 693 g/mol. The van der Waals surface area contributed by atoms with Crippen molar-refractivity contribution in [2.45, 2.75) is 19.5 Å². The van der Waals surface area contributed by atoms with E-state index in [4.69, 9.17) is 17.3 Å². The van der Waals surface area contributed by atoms with E-state index in [9.17, 15) is 38.5 Å². The lowest BCUT2D eigenvalue weighted by Crippen LogP contribution is -2.53. The molecule has 4 aromatic rings. The van der Waals surface area contributed by atoms with Crippen LogP contribution in [-0.4, -0.2) is 96.6 Å². The summed E-state index contributed by atoms with van der Waals surface area (Å²) in [5, 5.41) is 30.6. The first-order valence-electron chi connectivity index (χ1n) is 14.7. The van der Waals surface area contributed by atoms with Gasteiger partial charge in [-0.3, -0.25) is 19.3 Å². The number of anilines is 2. The van der Waals surface area contributed by atoms with Crippen LogP contribution in [0.4, 0.5) is 24.7 Å². The summed E-state index contributed by atoms with van der Waals surface area (Å²) in [4.78, 5) is 50.3. The zero-order chi connectivity index (χ0) is 35.0. The Morgan fingerprint density at radius 3 is 2.50 bits per heavy atom. The zero-order valence-corrected chi connectivity index (χ0v) is 26.5. The average Bonchev–Trinajstić information content (AvgIpc) is 3.40. The molecule has 1 saturated heterocycles. The van der Waals surface area contributed by atoms with Crippen molar-refractivity contribution in [3.8, 4) is 16.9 Å². The maximum absolute atomic E-state index is 15.1. The van der Waals surface area contributed by atoms with Gasteiger partial charge in [0.1, 0.15) is 23.0 Å². The third-order valence-electron chi connectivity index (χ3n) is 8.20. The largest absolute Gasteiger partial charge is 0.504 e. The number of aromatic nitrogens is 4. The minimum Gasteiger partial charge on any atom is -0.504 e. The Labute approximate surface area is 275 Å². The van der Waals surface area contributed by atoms with Crippen LogP contribution in [-0.2, 0) is 18.4 Å². The van der Waals surface area contributed by atoms with E-state index in [1.807, 2.05) is 11.8 Å². The molecule has 6 N–H and O–H groups in total. The van der Waals surface area contributed by atoms with Gasteiger partial charge in [0.15, 0.2) is 11.6 Å². The second-order valence-electron chi connectivity index (χ2n) is 11.6. The number of aromatic hydroxyl groups is 1. The number of carbonyl (C=O) groups excluding carboxylic acids is 2. The fourth-order valence-corrected chi connectivity index (χ4v) is 5.88. The summed E-state index contributed by atoms with van der Waals surface area (Å²) < 4.78 is 47.0. The van der Waals surface area contributed by atoms with Gasteiger partial charge in [-0.05, 0) is 13.0 Å². The first-order valence-corrected chi connectivity index (χ1v) is 15.1. The molecule has 0 bridgehead atoms. The molecule has 5 rings (SSSR count). The van der Waals surface area contributed by atoms with E-state index in [2.05, 4.69) is 20.2 Å². The molecule has 1 aliphatic rings. The van der Waals surface area contributed by atoms with Crippen molar-refractivity contribution >= 4 is 46.0 Å². The summed E-state index contributed by atoms with van der Waals surface area (Å²) in [6.07, 6.45) is 2.30. The van der Waals surface area contributed by atoms with Crippen LogP contribution in [0.5, 0.6) is 5.75 Å². The van der Waals surface area contributed by atoms with Gasteiger partial charge in [-0.2, -0.15) is 8.78 Å². The van der Waals surface area contributed by atoms with Crippen LogP contribution in [0.1, 0.15) is 17.3 Å². The van der Waals surface area contributed by atoms with Crippen molar-refractivity contribution in [2.75, 3.05) is 49.6 Å². The van der Waals surface area contributed by atoms with Gasteiger partial charge in [0.2, 0.25) is 17.7 Å². The first-order chi connectivity index (χ1) is 22.7. The Kier molecular flexibility index (Phi) is 9.95. The lowest BCUT2D eigenvalue weighted by molar-refractivity contribution is -0.116. The Bertz CT molecular complexity index is 1970. The zero-order valence-electron chi connectivity index (χ0n) is 25.8. The lowest BCUT2D eigenvalue weighted by Gasteiger charge is -2.41. The number of amides is 2. The molecular weight excluding hydrogens is 661 g/mol. The van der Waals surface area contributed by atoms with E-state index in [1.165, 1.54) is 17.7 Å². The topological polar surface area (TPSA) is 192 Å². The second kappa shape index (κ2) is 13.8. The van der Waals surface area contributed by atoms with Gasteiger partial charge >= 0.3 is 0 Å². The van der Waals surface area contributed by atoms with Crippen LogP contribution in [0.3, 0.4) is 0 Å². The molecule has 0 spiro atoms. The number of nitrogens with two attached hydrogens (primary N) is 1. The third kappa shape index (κ3) is 6.53. The normalized spacial score (nSPS) is 15.4. The Hall–Kier alpha value is -4.71. The number of carbonyl (C=O) groups is 2. The summed E-state index contributed by atoms with van der Waals surface area (Å²) in [6, 6.07) is 2.04. The van der Waals surface area contributed by atoms with Crippen LogP contribution in [0.25, 0.3) is 22.2 Å². The number of aryl methyl sites for hydroxylation is 1. The van der Waals surface area contributed by atoms with Crippen molar-refractivity contribution in [3.63, 3.8) is 0 Å². The van der Waals surface area contributed by atoms with Crippen molar-refractivity contribution in [1.29, 1.82) is 0 Å². The molecule has 1 fully saturated rings. The number of nitrogens with one attached hydrogen (secondary N) is 1. The number of benzene rings is 1. The summed E-state index contributed by atoms with van der Waals surface area (Å²) >= 11 is 6.18. The number of hydrogen-bond donors (Lipinski definition) is 5. The van der Waals surface area contributed by atoms with Crippen molar-refractivity contribution < 1.29 is 38.1 Å². The fourth-order valence-electron chi connectivity index (χ4n) is 5.74. The van der Waals surface area contributed by atoms with E-state index in [0.717, 1.165) is 23.2 Å². The highest BCUT2D eigenvalue weighted by molar-refractivity contribution is 6.33. The third-order valence-corrected chi connectivity index (χ3v) is 8.56. The first kappa shape index (κ1) is 34.6. The predicted octanol–water partition coefficient (Wildman–Crippen LogP) is 1.42. The molecular formula is C30H32ClF3N8O6. The summed E-state index contributed by atoms with van der Waals surface area (Å²) in [7, 11) is 1.37. The molecule has 18 heteroatoms. The maximum atomic E-state index is 15.1. The van der Waals surface area contributed by atoms with Gasteiger partial charge in [-0.1, -0.05) is 11.6 Å². The van der Waals surface area contributed by atoms with Gasteiger partial charge in [-0.25, -0.2) is 14.4 Å². The Morgan fingerprint density at radius 2 is 1.85 bits per heavy atom. The van der Waals surface area contributed by atoms with E-state index in [1.54, 1.807) is 0 Å². The molecule has 14 nitrogen and oxygen atoms in total. The molecule has 3 aromatic heterocycles. The number of nitrogens with zero attached hydrogens (tertiary/aromatic N) is 6. The summed E-state index contributed by atoms with van der Waals surface area (Å²) in [5.74, 6) is -7.77. The van der Waals surface area contributed by atoms with E-state index < -0.39 is 63.4 Å². The number of pyridine rings is 1. The van der Waals surface area contributed by atoms with Gasteiger partial charge in [0.05, 0.1) is 23.0 Å². The standard InChI is InChI=1S/C30H32ClF3N8O6/c1-14-7-40(8-15(11-43)12-44)3-4-42(14)20-6-19(23(31)27(34)38-20)37-21(45)10-41-9-18(22-29(41)36-13-39(2)30(22)48)16-5-17(28(35)47)26(46)25(33)24(16)32/h5-6,9,13-15,43-44,46H,3-4,7-8,10-12H2,1-2H3,(H2,35,47)(H,37,38,45)/t14-/m0/s1. The number of fused-ring (bicyclic) bond motifs is 1. The monoisotopic (exact) mass is 692 g/mol. The van der Waals surface area contributed by atoms with Gasteiger partial charge in [-0.15, -0.1) is 0 Å². The molecule has 0 unspecified atom stereocenters. The quantitative estimate of drug-likeness (QED) is 0.152. The predicted molar refractivity (Wildman–Crippen MR) is 169 cm³/mol. The van der Waals surface area contributed by atoms with Crippen LogP contribution < -0.4 is 21.5 Å². The maximum Gasteiger partial charge on any atom is 0.263 e. The minimum atomic E-state index is -1.76. The number of aliphatic hydroxyl groups excluding tert-OH is 2. The number of hydrogen-bond acceptors (Lipinski definition) is 10. The van der Waals surface area contributed by atoms with Crippen LogP contribution >= 0.6 is 11.6 Å². The molecule has 256 valence electrons. The number of rotatable bonds is 10. The Morgan fingerprint density at radius 1 is 1.15 bits per heavy atom. The molecule has 2 amide bonds. The van der Waals surface area contributed by atoms with Crippen molar-refractivity contribution in [2.24, 2.45) is 18.7 Å². The molecule has 4 heterocycles. The number of piperazine rings is 1. The van der Waals surface area contributed by atoms with Crippen LogP contribution in [0, 0.1) is 23.5 Å². The molecule has 1 aromatic carbocycles. The van der Waals surface area contributed by atoms with Crippen molar-refractivity contribution in [1.82, 2.24) is 24.0 Å². The Balaban J connectivity index is 1.45. The minimum absolute atomic E-state index is 0.0965. The molecule has 48 heavy (non-hydrogen) atoms. The number of halogens is 4. The van der Waals surface area contributed by atoms with E-state index >= 15 is 4.39 Å². The molecule has 0 saturated carbocycles. The molecule has 1 atom stereocenters. The highest BCUT2D eigenvalue weighted by Crippen LogP contribution is 2.36. The highest BCUT2D eigenvalue weighted by Gasteiger charge is 2.29. The smallest absolute Gasteiger partial charge is 0.263 e. The SMILES string of the molecule is C[C@H]1CN(CC(CO)CO)CCN1c1cc(NC(=O)Cn2cc(-c3cc(C(N)=O)c(O)c(F)c3F)c3c(=O)n(C)cnc32)c(Cl)c(F)n1. The van der Waals surface area contributed by atoms with Gasteiger partial charge < -0.3 is 40.4 Å². The summed E-state index contributed by atoms with van der Waals surface area (Å²) in [6.45, 7) is 3.00. The molecule has 0 radical (unpaired) electrons. The fraction of sp³-hybridized carbons (Fsp3) is 0.367. The van der Waals surface area contributed by atoms with E-state index in [0.29, 0.717) is 26.2 Å².